The number of amides is 1. The van der Waals surface area contributed by atoms with Crippen LogP contribution in [-0.4, -0.2) is 38.8 Å². The van der Waals surface area contributed by atoms with E-state index in [1.54, 1.807) is 19.1 Å². The molecule has 174 valence electrons. The quantitative estimate of drug-likeness (QED) is 0.510. The molecule has 2 unspecified atom stereocenters. The van der Waals surface area contributed by atoms with E-state index in [1.165, 1.54) is 20.2 Å². The average Bonchev–Trinajstić information content (AvgIpc) is 2.80. The van der Waals surface area contributed by atoms with Crippen molar-refractivity contribution in [2.45, 2.75) is 37.8 Å². The Morgan fingerprint density at radius 2 is 1.48 bits per heavy atom. The molecule has 7 heteroatoms. The summed E-state index contributed by atoms with van der Waals surface area (Å²) >= 11 is 0. The van der Waals surface area contributed by atoms with E-state index in [0.29, 0.717) is 5.69 Å². The van der Waals surface area contributed by atoms with Crippen LogP contribution in [0.15, 0.2) is 77.7 Å². The fourth-order valence-electron chi connectivity index (χ4n) is 3.49. The SMILES string of the molecule is Cc1ccc(S(=O)(=O)N(C)C)cc1NC(=O)C(C)NC(C)c1ccc(-c2ccccc2)cc1. The van der Waals surface area contributed by atoms with Crippen molar-refractivity contribution in [1.82, 2.24) is 9.62 Å². The third kappa shape index (κ3) is 5.87. The van der Waals surface area contributed by atoms with Gasteiger partial charge < -0.3 is 5.32 Å². The maximum absolute atomic E-state index is 12.8. The molecule has 3 aromatic carbocycles. The van der Waals surface area contributed by atoms with E-state index < -0.39 is 16.1 Å². The summed E-state index contributed by atoms with van der Waals surface area (Å²) < 4.78 is 26.0. The molecule has 0 fully saturated rings. The van der Waals surface area contributed by atoms with Crippen molar-refractivity contribution < 1.29 is 13.2 Å². The molecule has 0 aliphatic rings. The van der Waals surface area contributed by atoms with Crippen LogP contribution >= 0.6 is 0 Å². The topological polar surface area (TPSA) is 78.5 Å². The van der Waals surface area contributed by atoms with Crippen molar-refractivity contribution in [2.24, 2.45) is 0 Å². The van der Waals surface area contributed by atoms with E-state index >= 15 is 0 Å². The Morgan fingerprint density at radius 3 is 2.09 bits per heavy atom. The first-order valence-corrected chi connectivity index (χ1v) is 12.3. The van der Waals surface area contributed by atoms with Gasteiger partial charge in [0, 0.05) is 25.8 Å². The number of carbonyl (C=O) groups is 1. The van der Waals surface area contributed by atoms with Gasteiger partial charge in [-0.15, -0.1) is 0 Å². The number of hydrogen-bond donors (Lipinski definition) is 2. The fraction of sp³-hybridized carbons (Fsp3) is 0.269. The lowest BCUT2D eigenvalue weighted by atomic mass is 10.0. The number of anilines is 1. The van der Waals surface area contributed by atoms with Crippen molar-refractivity contribution in [3.05, 3.63) is 83.9 Å². The molecule has 2 atom stereocenters. The van der Waals surface area contributed by atoms with Crippen LogP contribution in [0.3, 0.4) is 0 Å². The number of benzene rings is 3. The largest absolute Gasteiger partial charge is 0.324 e. The van der Waals surface area contributed by atoms with Gasteiger partial charge in [-0.25, -0.2) is 12.7 Å². The zero-order valence-electron chi connectivity index (χ0n) is 19.7. The summed E-state index contributed by atoms with van der Waals surface area (Å²) in [6.45, 7) is 5.63. The second kappa shape index (κ2) is 10.3. The predicted octanol–water partition coefficient (Wildman–Crippen LogP) is 4.59. The third-order valence-electron chi connectivity index (χ3n) is 5.66. The van der Waals surface area contributed by atoms with E-state index in [9.17, 15) is 13.2 Å². The molecule has 3 rings (SSSR count). The minimum absolute atomic E-state index is 0.0443. The van der Waals surface area contributed by atoms with E-state index in [0.717, 1.165) is 26.6 Å². The highest BCUT2D eigenvalue weighted by atomic mass is 32.2. The Balaban J connectivity index is 1.67. The summed E-state index contributed by atoms with van der Waals surface area (Å²) in [7, 11) is -0.626. The van der Waals surface area contributed by atoms with Gasteiger partial charge in [-0.3, -0.25) is 10.1 Å². The van der Waals surface area contributed by atoms with E-state index in [4.69, 9.17) is 0 Å². The van der Waals surface area contributed by atoms with Crippen LogP contribution in [0.4, 0.5) is 5.69 Å². The van der Waals surface area contributed by atoms with Crippen LogP contribution < -0.4 is 10.6 Å². The highest BCUT2D eigenvalue weighted by molar-refractivity contribution is 7.89. The molecule has 0 saturated heterocycles. The van der Waals surface area contributed by atoms with Gasteiger partial charge in [0.1, 0.15) is 0 Å². The zero-order valence-corrected chi connectivity index (χ0v) is 20.5. The van der Waals surface area contributed by atoms with Crippen molar-refractivity contribution in [3.63, 3.8) is 0 Å². The fourth-order valence-corrected chi connectivity index (χ4v) is 4.42. The lowest BCUT2D eigenvalue weighted by molar-refractivity contribution is -0.117. The normalized spacial score (nSPS) is 13.5. The van der Waals surface area contributed by atoms with Crippen molar-refractivity contribution in [3.8, 4) is 11.1 Å². The highest BCUT2D eigenvalue weighted by Crippen LogP contribution is 2.24. The van der Waals surface area contributed by atoms with Crippen LogP contribution in [0.2, 0.25) is 0 Å². The average molecular weight is 466 g/mol. The van der Waals surface area contributed by atoms with Crippen LogP contribution in [0, 0.1) is 6.92 Å². The number of hydrogen-bond acceptors (Lipinski definition) is 4. The summed E-state index contributed by atoms with van der Waals surface area (Å²) in [6.07, 6.45) is 0. The second-order valence-electron chi connectivity index (χ2n) is 8.35. The van der Waals surface area contributed by atoms with E-state index in [-0.39, 0.29) is 16.8 Å². The van der Waals surface area contributed by atoms with Gasteiger partial charge >= 0.3 is 0 Å². The minimum Gasteiger partial charge on any atom is -0.324 e. The number of sulfonamides is 1. The van der Waals surface area contributed by atoms with Crippen molar-refractivity contribution in [2.75, 3.05) is 19.4 Å². The molecular formula is C26H31N3O3S. The predicted molar refractivity (Wildman–Crippen MR) is 134 cm³/mol. The number of rotatable bonds is 8. The molecule has 0 spiro atoms. The zero-order chi connectivity index (χ0) is 24.2. The Bertz CT molecular complexity index is 1210. The summed E-state index contributed by atoms with van der Waals surface area (Å²) in [5.41, 5.74) is 4.64. The molecule has 6 nitrogen and oxygen atoms in total. The van der Waals surface area contributed by atoms with Gasteiger partial charge in [0.05, 0.1) is 10.9 Å². The van der Waals surface area contributed by atoms with Gasteiger partial charge in [0.25, 0.3) is 0 Å². The first-order chi connectivity index (χ1) is 15.6. The molecule has 0 aromatic heterocycles. The lowest BCUT2D eigenvalue weighted by Crippen LogP contribution is -2.39. The molecule has 0 aliphatic carbocycles. The summed E-state index contributed by atoms with van der Waals surface area (Å²) in [5.74, 6) is -0.231. The van der Waals surface area contributed by atoms with Gasteiger partial charge in [-0.05, 0) is 55.2 Å². The Hall–Kier alpha value is -3.00. The monoisotopic (exact) mass is 465 g/mol. The molecular weight excluding hydrogens is 434 g/mol. The molecule has 0 aliphatic heterocycles. The maximum atomic E-state index is 12.8. The number of nitrogens with zero attached hydrogens (tertiary/aromatic N) is 1. The van der Waals surface area contributed by atoms with Crippen LogP contribution in [0.1, 0.15) is 31.0 Å². The van der Waals surface area contributed by atoms with E-state index in [2.05, 4.69) is 47.0 Å². The molecule has 0 bridgehead atoms. The van der Waals surface area contributed by atoms with Gasteiger partial charge in [-0.1, -0.05) is 60.7 Å². The molecule has 0 radical (unpaired) electrons. The summed E-state index contributed by atoms with van der Waals surface area (Å²) in [6, 6.07) is 22.7. The first kappa shape index (κ1) is 24.6. The second-order valence-corrected chi connectivity index (χ2v) is 10.5. The molecule has 0 saturated carbocycles. The molecule has 33 heavy (non-hydrogen) atoms. The number of nitrogens with one attached hydrogen (secondary N) is 2. The molecule has 2 N–H and O–H groups in total. The standard InChI is InChI=1S/C26H31N3O3S/c1-18-11-16-24(33(31,32)29(4)5)17-25(18)28-26(30)20(3)27-19(2)21-12-14-23(15-13-21)22-9-7-6-8-10-22/h6-17,19-20,27H,1-5H3,(H,28,30). The van der Waals surface area contributed by atoms with Crippen molar-refractivity contribution >= 4 is 21.6 Å². The maximum Gasteiger partial charge on any atom is 0.242 e. The van der Waals surface area contributed by atoms with Gasteiger partial charge in [0.2, 0.25) is 15.9 Å². The molecule has 1 amide bonds. The number of carbonyl (C=O) groups excluding carboxylic acids is 1. The Kier molecular flexibility index (Phi) is 7.68. The Labute approximate surface area is 196 Å². The Morgan fingerprint density at radius 1 is 0.879 bits per heavy atom. The number of aryl methyl sites for hydroxylation is 1. The highest BCUT2D eigenvalue weighted by Gasteiger charge is 2.21. The van der Waals surface area contributed by atoms with Crippen LogP contribution in [-0.2, 0) is 14.8 Å². The lowest BCUT2D eigenvalue weighted by Gasteiger charge is -2.21. The summed E-state index contributed by atoms with van der Waals surface area (Å²) in [4.78, 5) is 13.0. The van der Waals surface area contributed by atoms with Gasteiger partial charge in [-0.2, -0.15) is 0 Å². The first-order valence-electron chi connectivity index (χ1n) is 10.8. The molecule has 0 heterocycles. The van der Waals surface area contributed by atoms with Crippen molar-refractivity contribution in [1.29, 1.82) is 0 Å². The smallest absolute Gasteiger partial charge is 0.242 e. The van der Waals surface area contributed by atoms with Gasteiger partial charge in [0.15, 0.2) is 0 Å². The van der Waals surface area contributed by atoms with Crippen LogP contribution in [0.25, 0.3) is 11.1 Å². The van der Waals surface area contributed by atoms with E-state index in [1.807, 2.05) is 32.0 Å². The minimum atomic E-state index is -3.58. The third-order valence-corrected chi connectivity index (χ3v) is 7.47. The molecule has 3 aromatic rings. The van der Waals surface area contributed by atoms with Crippen LogP contribution in [0.5, 0.6) is 0 Å². The summed E-state index contributed by atoms with van der Waals surface area (Å²) in [5, 5.41) is 6.18.